The molecule has 1 heterocycles. The number of amides is 2. The number of rotatable bonds is 6. The molecule has 1 aliphatic rings. The molecule has 0 spiro atoms. The molecule has 3 rings (SSSR count). The number of aryl methyl sites for hydroxylation is 1. The first kappa shape index (κ1) is 20.4. The van der Waals surface area contributed by atoms with Gasteiger partial charge in [-0.05, 0) is 44.0 Å². The van der Waals surface area contributed by atoms with Crippen molar-refractivity contribution in [3.8, 4) is 5.75 Å². The minimum absolute atomic E-state index is 0.00109. The Morgan fingerprint density at radius 2 is 1.66 bits per heavy atom. The summed E-state index contributed by atoms with van der Waals surface area (Å²) in [5.41, 5.74) is 1.31. The predicted octanol–water partition coefficient (Wildman–Crippen LogP) is 2.49. The maximum absolute atomic E-state index is 12.7. The van der Waals surface area contributed by atoms with Gasteiger partial charge < -0.3 is 20.1 Å². The van der Waals surface area contributed by atoms with Gasteiger partial charge in [-0.1, -0.05) is 29.8 Å². The molecule has 0 bridgehead atoms. The molecule has 1 fully saturated rings. The van der Waals surface area contributed by atoms with Gasteiger partial charge in [0.1, 0.15) is 5.75 Å². The van der Waals surface area contributed by atoms with Crippen LogP contribution in [0, 0.1) is 6.92 Å². The fourth-order valence-electron chi connectivity index (χ4n) is 3.31. The summed E-state index contributed by atoms with van der Waals surface area (Å²) in [4.78, 5) is 37.8. The van der Waals surface area contributed by atoms with Crippen LogP contribution in [0.5, 0.6) is 5.75 Å². The molecule has 0 aliphatic carbocycles. The molecule has 7 nitrogen and oxygen atoms in total. The summed E-state index contributed by atoms with van der Waals surface area (Å²) in [7, 11) is 0. The van der Waals surface area contributed by atoms with E-state index in [-0.39, 0.29) is 35.6 Å². The zero-order valence-corrected chi connectivity index (χ0v) is 16.3. The van der Waals surface area contributed by atoms with Gasteiger partial charge in [0.15, 0.2) is 6.61 Å². The summed E-state index contributed by atoms with van der Waals surface area (Å²) >= 11 is 0. The number of piperidine rings is 1. The summed E-state index contributed by atoms with van der Waals surface area (Å²) in [6.45, 7) is 2.83. The van der Waals surface area contributed by atoms with Crippen molar-refractivity contribution in [2.24, 2.45) is 0 Å². The Labute approximate surface area is 169 Å². The average molecular weight is 396 g/mol. The Balaban J connectivity index is 1.47. The van der Waals surface area contributed by atoms with Crippen molar-refractivity contribution in [3.05, 3.63) is 65.2 Å². The van der Waals surface area contributed by atoms with Gasteiger partial charge in [0.25, 0.3) is 11.8 Å². The third-order valence-electron chi connectivity index (χ3n) is 4.93. The summed E-state index contributed by atoms with van der Waals surface area (Å²) in [5, 5.41) is 12.2. The maximum Gasteiger partial charge on any atom is 0.336 e. The van der Waals surface area contributed by atoms with Crippen LogP contribution < -0.4 is 10.1 Å². The van der Waals surface area contributed by atoms with Crippen molar-refractivity contribution < 1.29 is 24.2 Å². The molecule has 29 heavy (non-hydrogen) atoms. The number of carbonyl (C=O) groups is 3. The summed E-state index contributed by atoms with van der Waals surface area (Å²) in [5.74, 6) is -0.977. The number of hydrogen-bond acceptors (Lipinski definition) is 4. The molecule has 2 aromatic carbocycles. The molecule has 7 heteroatoms. The Hall–Kier alpha value is -3.35. The van der Waals surface area contributed by atoms with Crippen LogP contribution >= 0.6 is 0 Å². The number of carboxylic acids is 1. The number of benzene rings is 2. The molecular weight excluding hydrogens is 372 g/mol. The van der Waals surface area contributed by atoms with E-state index < -0.39 is 5.97 Å². The molecule has 2 N–H and O–H groups in total. The topological polar surface area (TPSA) is 95.9 Å². The van der Waals surface area contributed by atoms with Crippen molar-refractivity contribution in [3.63, 3.8) is 0 Å². The molecule has 0 atom stereocenters. The standard InChI is InChI=1S/C22H24N2O5/c1-15-6-8-17(9-7-15)29-14-20(25)23-16-10-12-24(13-11-16)21(26)18-4-2-3-5-19(18)22(27)28/h2-9,16H,10-14H2,1H3,(H,23,25)(H,27,28). The van der Waals surface area contributed by atoms with E-state index in [1.807, 2.05) is 31.2 Å². The average Bonchev–Trinajstić information content (AvgIpc) is 2.73. The number of nitrogens with zero attached hydrogens (tertiary/aromatic N) is 1. The fraction of sp³-hybridized carbons (Fsp3) is 0.318. The number of nitrogens with one attached hydrogen (secondary N) is 1. The molecule has 0 unspecified atom stereocenters. The van der Waals surface area contributed by atoms with Crippen molar-refractivity contribution in [2.75, 3.05) is 19.7 Å². The van der Waals surface area contributed by atoms with Gasteiger partial charge in [-0.2, -0.15) is 0 Å². The van der Waals surface area contributed by atoms with Gasteiger partial charge in [-0.3, -0.25) is 9.59 Å². The molecule has 2 aromatic rings. The molecule has 1 aliphatic heterocycles. The monoisotopic (exact) mass is 396 g/mol. The highest BCUT2D eigenvalue weighted by Gasteiger charge is 2.26. The molecule has 152 valence electrons. The van der Waals surface area contributed by atoms with Crippen molar-refractivity contribution in [2.45, 2.75) is 25.8 Å². The Kier molecular flexibility index (Phi) is 6.49. The van der Waals surface area contributed by atoms with E-state index in [1.54, 1.807) is 17.0 Å². The van der Waals surface area contributed by atoms with Crippen LogP contribution in [-0.2, 0) is 4.79 Å². The third-order valence-corrected chi connectivity index (χ3v) is 4.93. The summed E-state index contributed by atoms with van der Waals surface area (Å²) in [6.07, 6.45) is 1.22. The highest BCUT2D eigenvalue weighted by atomic mass is 16.5. The first-order chi connectivity index (χ1) is 13.9. The second kappa shape index (κ2) is 9.23. The van der Waals surface area contributed by atoms with E-state index in [1.165, 1.54) is 12.1 Å². The van der Waals surface area contributed by atoms with E-state index in [2.05, 4.69) is 5.32 Å². The van der Waals surface area contributed by atoms with E-state index in [0.717, 1.165) is 5.56 Å². The highest BCUT2D eigenvalue weighted by molar-refractivity contribution is 6.04. The number of aromatic carboxylic acids is 1. The molecule has 0 aromatic heterocycles. The second-order valence-electron chi connectivity index (χ2n) is 7.09. The van der Waals surface area contributed by atoms with Crippen LogP contribution in [0.25, 0.3) is 0 Å². The summed E-state index contributed by atoms with van der Waals surface area (Å²) in [6, 6.07) is 13.6. The lowest BCUT2D eigenvalue weighted by atomic mass is 10.0. The lowest BCUT2D eigenvalue weighted by Gasteiger charge is -2.32. The van der Waals surface area contributed by atoms with Crippen molar-refractivity contribution >= 4 is 17.8 Å². The molecule has 2 amide bonds. The van der Waals surface area contributed by atoms with Crippen molar-refractivity contribution in [1.29, 1.82) is 0 Å². The second-order valence-corrected chi connectivity index (χ2v) is 7.09. The van der Waals surface area contributed by atoms with Gasteiger partial charge in [0, 0.05) is 19.1 Å². The van der Waals surface area contributed by atoms with Crippen LogP contribution in [0.3, 0.4) is 0 Å². The molecule has 1 saturated heterocycles. The van der Waals surface area contributed by atoms with E-state index in [9.17, 15) is 19.5 Å². The van der Waals surface area contributed by atoms with E-state index in [0.29, 0.717) is 31.7 Å². The lowest BCUT2D eigenvalue weighted by molar-refractivity contribution is -0.124. The maximum atomic E-state index is 12.7. The minimum atomic E-state index is -1.12. The number of carboxylic acid groups (broad SMARTS) is 1. The van der Waals surface area contributed by atoms with Gasteiger partial charge >= 0.3 is 5.97 Å². The highest BCUT2D eigenvalue weighted by Crippen LogP contribution is 2.17. The zero-order valence-electron chi connectivity index (χ0n) is 16.3. The Morgan fingerprint density at radius 3 is 2.28 bits per heavy atom. The SMILES string of the molecule is Cc1ccc(OCC(=O)NC2CCN(C(=O)c3ccccc3C(=O)O)CC2)cc1. The molecular formula is C22H24N2O5. The first-order valence-electron chi connectivity index (χ1n) is 9.54. The largest absolute Gasteiger partial charge is 0.484 e. The Bertz CT molecular complexity index is 886. The predicted molar refractivity (Wildman–Crippen MR) is 107 cm³/mol. The van der Waals surface area contributed by atoms with Crippen LogP contribution in [-0.4, -0.2) is 53.5 Å². The fourth-order valence-corrected chi connectivity index (χ4v) is 3.31. The van der Waals surface area contributed by atoms with Crippen LogP contribution in [0.1, 0.15) is 39.1 Å². The number of likely N-dealkylation sites (tertiary alicyclic amines) is 1. The van der Waals surface area contributed by atoms with Gasteiger partial charge in [-0.25, -0.2) is 4.79 Å². The summed E-state index contributed by atoms with van der Waals surface area (Å²) < 4.78 is 5.48. The Morgan fingerprint density at radius 1 is 1.03 bits per heavy atom. The third kappa shape index (κ3) is 5.34. The molecule has 0 saturated carbocycles. The number of hydrogen-bond donors (Lipinski definition) is 2. The molecule has 0 radical (unpaired) electrons. The van der Waals surface area contributed by atoms with Gasteiger partial charge in [0.2, 0.25) is 0 Å². The van der Waals surface area contributed by atoms with Gasteiger partial charge in [0.05, 0.1) is 11.1 Å². The van der Waals surface area contributed by atoms with Gasteiger partial charge in [-0.15, -0.1) is 0 Å². The number of ether oxygens (including phenoxy) is 1. The smallest absolute Gasteiger partial charge is 0.336 e. The van der Waals surface area contributed by atoms with Crippen LogP contribution in [0.15, 0.2) is 48.5 Å². The quantitative estimate of drug-likeness (QED) is 0.782. The van der Waals surface area contributed by atoms with E-state index in [4.69, 9.17) is 4.74 Å². The van der Waals surface area contributed by atoms with Crippen LogP contribution in [0.2, 0.25) is 0 Å². The van der Waals surface area contributed by atoms with Crippen molar-refractivity contribution in [1.82, 2.24) is 10.2 Å². The first-order valence-corrected chi connectivity index (χ1v) is 9.54. The number of carbonyl (C=O) groups excluding carboxylic acids is 2. The minimum Gasteiger partial charge on any atom is -0.484 e. The van der Waals surface area contributed by atoms with E-state index >= 15 is 0 Å². The lowest BCUT2D eigenvalue weighted by Crippen LogP contribution is -2.47. The van der Waals surface area contributed by atoms with Crippen LogP contribution in [0.4, 0.5) is 0 Å². The normalized spacial score (nSPS) is 14.3. The zero-order chi connectivity index (χ0) is 20.8.